The number of nitrogens with two attached hydrogens (primary N) is 1. The summed E-state index contributed by atoms with van der Waals surface area (Å²) in [6.07, 6.45) is -0.699. The highest BCUT2D eigenvalue weighted by atomic mass is 19.1. The zero-order valence-corrected chi connectivity index (χ0v) is 12.7. The predicted octanol–water partition coefficient (Wildman–Crippen LogP) is 2.53. The van der Waals surface area contributed by atoms with Gasteiger partial charge in [-0.15, -0.1) is 0 Å². The van der Waals surface area contributed by atoms with Gasteiger partial charge in [-0.1, -0.05) is 6.07 Å². The van der Waals surface area contributed by atoms with Crippen molar-refractivity contribution in [2.24, 2.45) is 5.73 Å². The molecule has 0 aliphatic rings. The molecular formula is C15H23FN2O2. The van der Waals surface area contributed by atoms with Crippen molar-refractivity contribution in [3.05, 3.63) is 29.6 Å². The second kappa shape index (κ2) is 6.22. The summed E-state index contributed by atoms with van der Waals surface area (Å²) in [5, 5.41) is 2.81. The number of rotatable bonds is 4. The third-order valence-corrected chi connectivity index (χ3v) is 2.64. The molecular weight excluding hydrogens is 259 g/mol. The number of hydrogen-bond donors (Lipinski definition) is 2. The Balaban J connectivity index is 2.74. The van der Waals surface area contributed by atoms with Gasteiger partial charge in [0.25, 0.3) is 5.91 Å². The topological polar surface area (TPSA) is 64.3 Å². The fraction of sp³-hybridized carbons (Fsp3) is 0.533. The smallest absolute Gasteiger partial charge is 0.261 e. The van der Waals surface area contributed by atoms with Crippen LogP contribution in [0.3, 0.4) is 0 Å². The van der Waals surface area contributed by atoms with Gasteiger partial charge in [0.2, 0.25) is 0 Å². The van der Waals surface area contributed by atoms with Crippen molar-refractivity contribution in [3.8, 4) is 5.75 Å². The fourth-order valence-electron chi connectivity index (χ4n) is 1.68. The highest BCUT2D eigenvalue weighted by molar-refractivity contribution is 5.81. The summed E-state index contributed by atoms with van der Waals surface area (Å²) < 4.78 is 19.2. The number of hydrogen-bond acceptors (Lipinski definition) is 3. The highest BCUT2D eigenvalue weighted by Gasteiger charge is 2.21. The predicted molar refractivity (Wildman–Crippen MR) is 77.0 cm³/mol. The maximum absolute atomic E-state index is 13.8. The van der Waals surface area contributed by atoms with Crippen molar-refractivity contribution in [2.45, 2.75) is 52.3 Å². The van der Waals surface area contributed by atoms with E-state index in [0.717, 1.165) is 0 Å². The number of benzene rings is 1. The van der Waals surface area contributed by atoms with Crippen LogP contribution in [-0.4, -0.2) is 17.6 Å². The standard InChI is InChI=1S/C15H23FN2O2/c1-9(17)12-7-6-11(8-13(12)16)20-10(2)14(19)18-15(3,4)5/h6-10H,17H2,1-5H3,(H,18,19)/t9-,10?/m0/s1. The van der Waals surface area contributed by atoms with Crippen molar-refractivity contribution in [2.75, 3.05) is 0 Å². The van der Waals surface area contributed by atoms with Gasteiger partial charge in [-0.2, -0.15) is 0 Å². The Kier molecular flexibility index (Phi) is 5.11. The lowest BCUT2D eigenvalue weighted by Crippen LogP contribution is -2.46. The lowest BCUT2D eigenvalue weighted by Gasteiger charge is -2.23. The molecule has 1 aromatic carbocycles. The molecule has 1 unspecified atom stereocenters. The zero-order valence-electron chi connectivity index (χ0n) is 12.7. The van der Waals surface area contributed by atoms with Crippen molar-refractivity contribution in [1.82, 2.24) is 5.32 Å². The Bertz CT molecular complexity index is 481. The van der Waals surface area contributed by atoms with E-state index < -0.39 is 11.9 Å². The van der Waals surface area contributed by atoms with Gasteiger partial charge >= 0.3 is 0 Å². The summed E-state index contributed by atoms with van der Waals surface area (Å²) in [5.74, 6) is -0.362. The molecule has 20 heavy (non-hydrogen) atoms. The molecule has 5 heteroatoms. The van der Waals surface area contributed by atoms with Gasteiger partial charge in [0.15, 0.2) is 6.10 Å². The molecule has 1 aromatic rings. The third-order valence-electron chi connectivity index (χ3n) is 2.64. The van der Waals surface area contributed by atoms with Gasteiger partial charge in [0.05, 0.1) is 0 Å². The number of carbonyl (C=O) groups excluding carboxylic acids is 1. The first-order chi connectivity index (χ1) is 9.10. The molecule has 0 bridgehead atoms. The summed E-state index contributed by atoms with van der Waals surface area (Å²) in [6, 6.07) is 4.05. The Hall–Kier alpha value is -1.62. The van der Waals surface area contributed by atoms with Gasteiger partial charge in [0, 0.05) is 23.2 Å². The minimum Gasteiger partial charge on any atom is -0.481 e. The van der Waals surface area contributed by atoms with E-state index in [-0.39, 0.29) is 17.5 Å². The first-order valence-electron chi connectivity index (χ1n) is 6.64. The van der Waals surface area contributed by atoms with Crippen LogP contribution in [-0.2, 0) is 4.79 Å². The maximum Gasteiger partial charge on any atom is 0.261 e. The Morgan fingerprint density at radius 2 is 1.95 bits per heavy atom. The number of ether oxygens (including phenoxy) is 1. The molecule has 2 atom stereocenters. The second-order valence-electron chi connectivity index (χ2n) is 5.97. The van der Waals surface area contributed by atoms with Crippen LogP contribution in [0.2, 0.25) is 0 Å². The summed E-state index contributed by atoms with van der Waals surface area (Å²) in [4.78, 5) is 11.9. The normalized spacial score (nSPS) is 14.6. The first-order valence-corrected chi connectivity index (χ1v) is 6.64. The van der Waals surface area contributed by atoms with Crippen LogP contribution in [0.15, 0.2) is 18.2 Å². The van der Waals surface area contributed by atoms with Crippen LogP contribution in [0.1, 0.15) is 46.2 Å². The lowest BCUT2D eigenvalue weighted by atomic mass is 10.1. The maximum atomic E-state index is 13.8. The number of carbonyl (C=O) groups is 1. The zero-order chi connectivity index (χ0) is 15.5. The summed E-state index contributed by atoms with van der Waals surface area (Å²) in [7, 11) is 0. The Morgan fingerprint density at radius 3 is 2.40 bits per heavy atom. The lowest BCUT2D eigenvalue weighted by molar-refractivity contribution is -0.128. The van der Waals surface area contributed by atoms with Crippen LogP contribution in [0.4, 0.5) is 4.39 Å². The molecule has 0 spiro atoms. The largest absolute Gasteiger partial charge is 0.481 e. The number of amides is 1. The van der Waals surface area contributed by atoms with Crippen molar-refractivity contribution in [1.29, 1.82) is 0 Å². The van der Waals surface area contributed by atoms with Gasteiger partial charge in [-0.25, -0.2) is 4.39 Å². The minimum absolute atomic E-state index is 0.242. The van der Waals surface area contributed by atoms with Crippen LogP contribution in [0, 0.1) is 5.82 Å². The van der Waals surface area contributed by atoms with Gasteiger partial charge in [-0.05, 0) is 40.7 Å². The molecule has 0 fully saturated rings. The van der Waals surface area contributed by atoms with E-state index in [1.807, 2.05) is 20.8 Å². The molecule has 0 radical (unpaired) electrons. The highest BCUT2D eigenvalue weighted by Crippen LogP contribution is 2.21. The van der Waals surface area contributed by atoms with Crippen LogP contribution >= 0.6 is 0 Å². The molecule has 3 N–H and O–H groups in total. The molecule has 1 rings (SSSR count). The Morgan fingerprint density at radius 1 is 1.35 bits per heavy atom. The van der Waals surface area contributed by atoms with Gasteiger partial charge < -0.3 is 15.8 Å². The van der Waals surface area contributed by atoms with Gasteiger partial charge in [-0.3, -0.25) is 4.79 Å². The first kappa shape index (κ1) is 16.4. The summed E-state index contributed by atoms with van der Waals surface area (Å²) >= 11 is 0. The van der Waals surface area contributed by atoms with E-state index in [0.29, 0.717) is 11.3 Å². The molecule has 0 saturated carbocycles. The monoisotopic (exact) mass is 282 g/mol. The molecule has 4 nitrogen and oxygen atoms in total. The van der Waals surface area contributed by atoms with Crippen LogP contribution in [0.25, 0.3) is 0 Å². The van der Waals surface area contributed by atoms with Crippen LogP contribution < -0.4 is 15.8 Å². The van der Waals surface area contributed by atoms with E-state index >= 15 is 0 Å². The summed E-state index contributed by atoms with van der Waals surface area (Å²) in [6.45, 7) is 8.98. The van der Waals surface area contributed by atoms with E-state index in [2.05, 4.69) is 5.32 Å². The average Bonchev–Trinajstić information content (AvgIpc) is 2.26. The van der Waals surface area contributed by atoms with E-state index in [1.54, 1.807) is 26.0 Å². The summed E-state index contributed by atoms with van der Waals surface area (Å²) in [5.41, 5.74) is 5.72. The molecule has 0 saturated heterocycles. The van der Waals surface area contributed by atoms with E-state index in [1.165, 1.54) is 6.07 Å². The van der Waals surface area contributed by atoms with Crippen molar-refractivity contribution < 1.29 is 13.9 Å². The molecule has 1 amide bonds. The van der Waals surface area contributed by atoms with Gasteiger partial charge in [0.1, 0.15) is 11.6 Å². The molecule has 0 aliphatic carbocycles. The number of halogens is 1. The van der Waals surface area contributed by atoms with E-state index in [9.17, 15) is 9.18 Å². The quantitative estimate of drug-likeness (QED) is 0.892. The minimum atomic E-state index is -0.699. The Labute approximate surface area is 119 Å². The SMILES string of the molecule is CC(Oc1ccc([C@H](C)N)c(F)c1)C(=O)NC(C)(C)C. The average molecular weight is 282 g/mol. The van der Waals surface area contributed by atoms with E-state index in [4.69, 9.17) is 10.5 Å². The molecule has 0 heterocycles. The van der Waals surface area contributed by atoms with Crippen molar-refractivity contribution >= 4 is 5.91 Å². The van der Waals surface area contributed by atoms with Crippen molar-refractivity contribution in [3.63, 3.8) is 0 Å². The molecule has 112 valence electrons. The molecule has 0 aromatic heterocycles. The fourth-order valence-corrected chi connectivity index (χ4v) is 1.68. The second-order valence-corrected chi connectivity index (χ2v) is 5.97. The number of nitrogens with one attached hydrogen (secondary N) is 1. The van der Waals surface area contributed by atoms with Crippen LogP contribution in [0.5, 0.6) is 5.75 Å². The third kappa shape index (κ3) is 4.81. The molecule has 0 aliphatic heterocycles.